The molecular formula is C15H18N2O2. The Morgan fingerprint density at radius 3 is 2.74 bits per heavy atom. The van der Waals surface area contributed by atoms with Gasteiger partial charge < -0.3 is 10.1 Å². The quantitative estimate of drug-likeness (QED) is 0.883. The summed E-state index contributed by atoms with van der Waals surface area (Å²) in [6.07, 6.45) is 1.68. The lowest BCUT2D eigenvalue weighted by molar-refractivity contribution is 0.135. The van der Waals surface area contributed by atoms with Crippen molar-refractivity contribution in [3.63, 3.8) is 0 Å². The van der Waals surface area contributed by atoms with E-state index in [0.29, 0.717) is 12.5 Å². The van der Waals surface area contributed by atoms with Crippen molar-refractivity contribution in [2.24, 2.45) is 11.3 Å². The van der Waals surface area contributed by atoms with Crippen LogP contribution in [0.15, 0.2) is 30.3 Å². The average molecular weight is 258 g/mol. The molecule has 0 aliphatic heterocycles. The largest absolute Gasteiger partial charge is 0.445 e. The maximum Gasteiger partial charge on any atom is 0.407 e. The van der Waals surface area contributed by atoms with Gasteiger partial charge in [-0.1, -0.05) is 30.3 Å². The fourth-order valence-corrected chi connectivity index (χ4v) is 2.03. The summed E-state index contributed by atoms with van der Waals surface area (Å²) in [5, 5.41) is 11.9. The summed E-state index contributed by atoms with van der Waals surface area (Å²) in [6.45, 7) is 2.49. The molecule has 1 aliphatic rings. The van der Waals surface area contributed by atoms with Crippen molar-refractivity contribution in [2.45, 2.75) is 26.4 Å². The smallest absolute Gasteiger partial charge is 0.407 e. The van der Waals surface area contributed by atoms with Gasteiger partial charge in [0.1, 0.15) is 6.61 Å². The Balaban J connectivity index is 1.74. The van der Waals surface area contributed by atoms with Crippen molar-refractivity contribution in [1.82, 2.24) is 5.32 Å². The molecule has 100 valence electrons. The first-order valence-corrected chi connectivity index (χ1v) is 6.50. The first-order valence-electron chi connectivity index (χ1n) is 6.50. The summed E-state index contributed by atoms with van der Waals surface area (Å²) in [4.78, 5) is 11.6. The number of carbonyl (C=O) groups excluding carboxylic acids is 1. The second-order valence-corrected chi connectivity index (χ2v) is 5.22. The summed E-state index contributed by atoms with van der Waals surface area (Å²) >= 11 is 0. The van der Waals surface area contributed by atoms with Gasteiger partial charge in [-0.15, -0.1) is 0 Å². The van der Waals surface area contributed by atoms with Crippen molar-refractivity contribution in [2.75, 3.05) is 6.54 Å². The van der Waals surface area contributed by atoms with E-state index in [1.165, 1.54) is 0 Å². The van der Waals surface area contributed by atoms with E-state index in [1.54, 1.807) is 0 Å². The van der Waals surface area contributed by atoms with Crippen LogP contribution in [0, 0.1) is 22.7 Å². The highest BCUT2D eigenvalue weighted by Gasteiger charge is 2.42. The van der Waals surface area contributed by atoms with Gasteiger partial charge in [-0.05, 0) is 31.2 Å². The number of hydrogen-bond donors (Lipinski definition) is 1. The second-order valence-electron chi connectivity index (χ2n) is 5.22. The summed E-state index contributed by atoms with van der Waals surface area (Å²) in [5.41, 5.74) is 0.481. The Labute approximate surface area is 113 Å². The third-order valence-electron chi connectivity index (χ3n) is 3.55. The van der Waals surface area contributed by atoms with Crippen LogP contribution in [-0.4, -0.2) is 12.6 Å². The SMILES string of the molecule is CC(C#N)(CNC(=O)OCc1ccccc1)C1CC1. The molecule has 4 heteroatoms. The molecule has 1 saturated carbocycles. The lowest BCUT2D eigenvalue weighted by atomic mass is 9.87. The fourth-order valence-electron chi connectivity index (χ4n) is 2.03. The Bertz CT molecular complexity index is 477. The molecule has 0 saturated heterocycles. The van der Waals surface area contributed by atoms with Gasteiger partial charge in [0.15, 0.2) is 0 Å². The molecule has 0 aromatic heterocycles. The van der Waals surface area contributed by atoms with Crippen LogP contribution in [0.4, 0.5) is 4.79 Å². The van der Waals surface area contributed by atoms with Crippen LogP contribution in [-0.2, 0) is 11.3 Å². The first-order chi connectivity index (χ1) is 9.14. The topological polar surface area (TPSA) is 62.1 Å². The van der Waals surface area contributed by atoms with Crippen LogP contribution in [0.5, 0.6) is 0 Å². The standard InChI is InChI=1S/C15H18N2O2/c1-15(10-16,13-7-8-13)11-17-14(18)19-9-12-5-3-2-4-6-12/h2-6,13H,7-9,11H2,1H3,(H,17,18). The molecule has 0 bridgehead atoms. The van der Waals surface area contributed by atoms with Gasteiger partial charge in [-0.2, -0.15) is 5.26 Å². The van der Waals surface area contributed by atoms with Gasteiger partial charge in [0.05, 0.1) is 11.5 Å². The van der Waals surface area contributed by atoms with E-state index in [1.807, 2.05) is 37.3 Å². The van der Waals surface area contributed by atoms with Gasteiger partial charge in [0, 0.05) is 6.54 Å². The molecule has 2 rings (SSSR count). The number of nitriles is 1. The van der Waals surface area contributed by atoms with E-state index in [-0.39, 0.29) is 6.61 Å². The average Bonchev–Trinajstić information content (AvgIpc) is 3.28. The molecule has 1 atom stereocenters. The minimum atomic E-state index is -0.467. The van der Waals surface area contributed by atoms with Gasteiger partial charge in [0.25, 0.3) is 0 Å². The molecule has 0 heterocycles. The van der Waals surface area contributed by atoms with E-state index < -0.39 is 11.5 Å². The van der Waals surface area contributed by atoms with Crippen molar-refractivity contribution in [3.05, 3.63) is 35.9 Å². The van der Waals surface area contributed by atoms with Crippen molar-refractivity contribution < 1.29 is 9.53 Å². The Morgan fingerprint density at radius 1 is 1.47 bits per heavy atom. The van der Waals surface area contributed by atoms with Crippen LogP contribution in [0.25, 0.3) is 0 Å². The Morgan fingerprint density at radius 2 is 2.16 bits per heavy atom. The summed E-state index contributed by atoms with van der Waals surface area (Å²) in [6, 6.07) is 11.8. The molecule has 1 fully saturated rings. The van der Waals surface area contributed by atoms with Crippen LogP contribution in [0.3, 0.4) is 0 Å². The minimum absolute atomic E-state index is 0.249. The van der Waals surface area contributed by atoms with Crippen LogP contribution in [0.2, 0.25) is 0 Å². The number of nitrogens with zero attached hydrogens (tertiary/aromatic N) is 1. The maximum atomic E-state index is 11.6. The van der Waals surface area contributed by atoms with Crippen molar-refractivity contribution in [3.8, 4) is 6.07 Å². The van der Waals surface area contributed by atoms with Crippen LogP contribution >= 0.6 is 0 Å². The zero-order valence-corrected chi connectivity index (χ0v) is 11.1. The number of rotatable bonds is 5. The van der Waals surface area contributed by atoms with E-state index in [2.05, 4.69) is 11.4 Å². The van der Waals surface area contributed by atoms with E-state index in [4.69, 9.17) is 4.74 Å². The fraction of sp³-hybridized carbons (Fsp3) is 0.467. The highest BCUT2D eigenvalue weighted by molar-refractivity contribution is 5.67. The maximum absolute atomic E-state index is 11.6. The number of hydrogen-bond acceptors (Lipinski definition) is 3. The van der Waals surface area contributed by atoms with E-state index in [9.17, 15) is 10.1 Å². The number of benzene rings is 1. The summed E-state index contributed by atoms with van der Waals surface area (Å²) in [5.74, 6) is 0.409. The third-order valence-corrected chi connectivity index (χ3v) is 3.55. The van der Waals surface area contributed by atoms with E-state index >= 15 is 0 Å². The highest BCUT2D eigenvalue weighted by atomic mass is 16.5. The molecule has 0 radical (unpaired) electrons. The zero-order valence-electron chi connectivity index (χ0n) is 11.1. The lowest BCUT2D eigenvalue weighted by Crippen LogP contribution is -2.36. The van der Waals surface area contributed by atoms with Crippen molar-refractivity contribution >= 4 is 6.09 Å². The lowest BCUT2D eigenvalue weighted by Gasteiger charge is -2.21. The summed E-state index contributed by atoms with van der Waals surface area (Å²) in [7, 11) is 0. The highest BCUT2D eigenvalue weighted by Crippen LogP contribution is 2.44. The van der Waals surface area contributed by atoms with Gasteiger partial charge in [-0.25, -0.2) is 4.79 Å². The molecule has 0 spiro atoms. The Hall–Kier alpha value is -2.02. The molecule has 1 N–H and O–H groups in total. The number of amides is 1. The zero-order chi connectivity index (χ0) is 13.7. The monoisotopic (exact) mass is 258 g/mol. The first kappa shape index (κ1) is 13.4. The van der Waals surface area contributed by atoms with Gasteiger partial charge in [0.2, 0.25) is 0 Å². The predicted octanol–water partition coefficient (Wildman–Crippen LogP) is 2.85. The predicted molar refractivity (Wildman–Crippen MR) is 71.1 cm³/mol. The molecule has 1 aliphatic carbocycles. The molecule has 1 amide bonds. The minimum Gasteiger partial charge on any atom is -0.445 e. The van der Waals surface area contributed by atoms with Crippen molar-refractivity contribution in [1.29, 1.82) is 5.26 Å². The molecule has 4 nitrogen and oxygen atoms in total. The Kier molecular flexibility index (Phi) is 4.06. The van der Waals surface area contributed by atoms with E-state index in [0.717, 1.165) is 18.4 Å². The molecule has 19 heavy (non-hydrogen) atoms. The second kappa shape index (κ2) is 5.75. The number of carbonyl (C=O) groups is 1. The third kappa shape index (κ3) is 3.72. The molecule has 1 aromatic carbocycles. The number of ether oxygens (including phenoxy) is 1. The molecule has 1 unspecified atom stereocenters. The number of nitrogens with one attached hydrogen (secondary N) is 1. The molecular weight excluding hydrogens is 240 g/mol. The summed E-state index contributed by atoms with van der Waals surface area (Å²) < 4.78 is 5.11. The number of alkyl carbamates (subject to hydrolysis) is 1. The van der Waals surface area contributed by atoms with Crippen LogP contribution in [0.1, 0.15) is 25.3 Å². The van der Waals surface area contributed by atoms with Gasteiger partial charge >= 0.3 is 6.09 Å². The van der Waals surface area contributed by atoms with Crippen LogP contribution < -0.4 is 5.32 Å². The van der Waals surface area contributed by atoms with Gasteiger partial charge in [-0.3, -0.25) is 0 Å². The molecule has 1 aromatic rings. The normalized spacial score (nSPS) is 17.1.